The van der Waals surface area contributed by atoms with E-state index in [1.807, 2.05) is 27.7 Å². The minimum absolute atomic E-state index is 0.0551. The van der Waals surface area contributed by atoms with Crippen molar-refractivity contribution in [3.63, 3.8) is 0 Å². The third kappa shape index (κ3) is 5.26. The molecule has 1 saturated heterocycles. The third-order valence-electron chi connectivity index (χ3n) is 4.81. The number of ether oxygens (including phenoxy) is 1. The van der Waals surface area contributed by atoms with Crippen LogP contribution in [-0.4, -0.2) is 36.6 Å². The molecule has 1 fully saturated rings. The maximum Gasteiger partial charge on any atom is 0.492 e. The molecule has 0 unspecified atom stereocenters. The summed E-state index contributed by atoms with van der Waals surface area (Å²) in [6, 6.07) is 4.47. The van der Waals surface area contributed by atoms with E-state index in [4.69, 9.17) is 19.8 Å². The summed E-state index contributed by atoms with van der Waals surface area (Å²) in [4.78, 5) is 12.1. The van der Waals surface area contributed by atoms with E-state index in [1.165, 1.54) is 12.1 Å². The summed E-state index contributed by atoms with van der Waals surface area (Å²) in [5.41, 5.74) is 5.18. The van der Waals surface area contributed by atoms with Gasteiger partial charge in [-0.2, -0.15) is 0 Å². The Morgan fingerprint density at radius 1 is 1.25 bits per heavy atom. The molecule has 1 aliphatic rings. The minimum atomic E-state index is -0.765. The van der Waals surface area contributed by atoms with E-state index in [0.29, 0.717) is 5.47 Å². The van der Waals surface area contributed by atoms with Crippen LogP contribution in [0, 0.1) is 5.82 Å². The number of nitrogens with one attached hydrogen (secondary N) is 1. The Kier molecular flexibility index (Phi) is 6.16. The highest BCUT2D eigenvalue weighted by Gasteiger charge is 2.52. The Labute approximate surface area is 166 Å². The molecule has 1 aliphatic heterocycles. The van der Waals surface area contributed by atoms with Gasteiger partial charge < -0.3 is 25.1 Å². The molecule has 2 rings (SSSR count). The number of amides is 1. The first kappa shape index (κ1) is 22.2. The lowest BCUT2D eigenvalue weighted by Crippen LogP contribution is -2.41. The van der Waals surface area contributed by atoms with Gasteiger partial charge in [0.1, 0.15) is 11.4 Å². The quantitative estimate of drug-likeness (QED) is 0.599. The van der Waals surface area contributed by atoms with E-state index in [2.05, 4.69) is 5.32 Å². The summed E-state index contributed by atoms with van der Waals surface area (Å²) in [6.07, 6.45) is 0.973. The minimum Gasteiger partial charge on any atom is -0.444 e. The average molecular weight is 392 g/mol. The molecule has 6 nitrogen and oxygen atoms in total. The van der Waals surface area contributed by atoms with Crippen molar-refractivity contribution >= 4 is 25.0 Å². The average Bonchev–Trinajstić information content (AvgIpc) is 2.72. The smallest absolute Gasteiger partial charge is 0.444 e. The highest BCUT2D eigenvalue weighted by Crippen LogP contribution is 2.39. The normalized spacial score (nSPS) is 18.9. The Balaban J connectivity index is 2.32. The highest BCUT2D eigenvalue weighted by atomic mass is 19.1. The van der Waals surface area contributed by atoms with Crippen LogP contribution >= 0.6 is 0 Å². The number of nitrogens with two attached hydrogens (primary N) is 1. The Morgan fingerprint density at radius 3 is 2.32 bits per heavy atom. The second-order valence-electron chi connectivity index (χ2n) is 8.91. The first-order valence-corrected chi connectivity index (χ1v) is 9.29. The third-order valence-corrected chi connectivity index (χ3v) is 4.81. The van der Waals surface area contributed by atoms with Crippen LogP contribution in [0.4, 0.5) is 14.9 Å². The summed E-state index contributed by atoms with van der Waals surface area (Å²) in [5.74, 6) is -0.466. The lowest BCUT2D eigenvalue weighted by atomic mass is 9.76. The van der Waals surface area contributed by atoms with Crippen molar-refractivity contribution in [2.45, 2.75) is 65.3 Å². The van der Waals surface area contributed by atoms with Crippen LogP contribution in [0.1, 0.15) is 54.0 Å². The predicted molar refractivity (Wildman–Crippen MR) is 109 cm³/mol. The van der Waals surface area contributed by atoms with Gasteiger partial charge >= 0.3 is 13.2 Å². The van der Waals surface area contributed by atoms with E-state index >= 15 is 0 Å². The van der Waals surface area contributed by atoms with Gasteiger partial charge in [0.25, 0.3) is 0 Å². The summed E-state index contributed by atoms with van der Waals surface area (Å²) < 4.78 is 31.7. The van der Waals surface area contributed by atoms with Crippen LogP contribution in [0.5, 0.6) is 0 Å². The monoisotopic (exact) mass is 392 g/mol. The molecule has 0 aromatic heterocycles. The molecular formula is C20H30BFN2O4. The molecule has 154 valence electrons. The number of anilines is 1. The zero-order valence-corrected chi connectivity index (χ0v) is 17.7. The molecule has 1 amide bonds. The van der Waals surface area contributed by atoms with Gasteiger partial charge in [-0.25, -0.2) is 9.18 Å². The SMILES string of the molecule is CC(C)(C)OC(=O)NCC(=Cc1c(N)cccc1F)B1OC(C)(C)C(C)(C)O1. The number of carbonyl (C=O) groups excluding carboxylic acids is 1. The van der Waals surface area contributed by atoms with Crippen molar-refractivity contribution in [3.8, 4) is 0 Å². The Hall–Kier alpha value is -2.06. The van der Waals surface area contributed by atoms with Gasteiger partial charge in [0.05, 0.1) is 11.2 Å². The lowest BCUT2D eigenvalue weighted by Gasteiger charge is -2.32. The molecule has 0 atom stereocenters. The number of alkyl carbamates (subject to hydrolysis) is 1. The molecule has 0 bridgehead atoms. The molecule has 1 aromatic rings. The molecule has 0 aliphatic carbocycles. The van der Waals surface area contributed by atoms with Crippen LogP contribution < -0.4 is 11.1 Å². The van der Waals surface area contributed by atoms with Crippen molar-refractivity contribution in [1.29, 1.82) is 0 Å². The predicted octanol–water partition coefficient (Wildman–Crippen LogP) is 3.95. The van der Waals surface area contributed by atoms with Gasteiger partial charge in [-0.3, -0.25) is 0 Å². The number of benzene rings is 1. The van der Waals surface area contributed by atoms with Gasteiger partial charge in [0.2, 0.25) is 0 Å². The van der Waals surface area contributed by atoms with E-state index < -0.39 is 35.8 Å². The molecular weight excluding hydrogens is 362 g/mol. The number of nitrogen functional groups attached to an aromatic ring is 1. The molecule has 1 heterocycles. The Morgan fingerprint density at radius 2 is 1.82 bits per heavy atom. The first-order valence-electron chi connectivity index (χ1n) is 9.29. The maximum absolute atomic E-state index is 14.3. The summed E-state index contributed by atoms with van der Waals surface area (Å²) >= 11 is 0. The fourth-order valence-electron chi connectivity index (χ4n) is 2.58. The van der Waals surface area contributed by atoms with Gasteiger partial charge in [0, 0.05) is 17.8 Å². The lowest BCUT2D eigenvalue weighted by molar-refractivity contribution is 0.00578. The van der Waals surface area contributed by atoms with Gasteiger partial charge in [-0.1, -0.05) is 12.1 Å². The van der Waals surface area contributed by atoms with Crippen molar-refractivity contribution in [2.75, 3.05) is 12.3 Å². The fraction of sp³-hybridized carbons (Fsp3) is 0.550. The number of hydrogen-bond donors (Lipinski definition) is 2. The maximum atomic E-state index is 14.3. The molecule has 0 spiro atoms. The molecule has 1 aromatic carbocycles. The van der Waals surface area contributed by atoms with Crippen molar-refractivity contribution in [2.24, 2.45) is 0 Å². The van der Waals surface area contributed by atoms with Gasteiger partial charge in [-0.15, -0.1) is 0 Å². The van der Waals surface area contributed by atoms with Crippen LogP contribution in [0.15, 0.2) is 23.7 Å². The van der Waals surface area contributed by atoms with Gasteiger partial charge in [0.15, 0.2) is 0 Å². The molecule has 28 heavy (non-hydrogen) atoms. The van der Waals surface area contributed by atoms with Crippen LogP contribution in [0.3, 0.4) is 0 Å². The van der Waals surface area contributed by atoms with Crippen molar-refractivity contribution in [1.82, 2.24) is 5.32 Å². The fourth-order valence-corrected chi connectivity index (χ4v) is 2.58. The van der Waals surface area contributed by atoms with Crippen molar-refractivity contribution < 1.29 is 23.2 Å². The van der Waals surface area contributed by atoms with Crippen LogP contribution in [0.2, 0.25) is 0 Å². The standard InChI is InChI=1S/C20H30BFN2O4/c1-18(2,3)26-17(25)24-12-13(11-14-15(22)9-8-10-16(14)23)21-27-19(4,5)20(6,7)28-21/h8-11H,12,23H2,1-7H3,(H,24,25). The van der Waals surface area contributed by atoms with E-state index in [-0.39, 0.29) is 17.8 Å². The zero-order valence-electron chi connectivity index (χ0n) is 17.7. The van der Waals surface area contributed by atoms with E-state index in [1.54, 1.807) is 32.9 Å². The second kappa shape index (κ2) is 7.76. The molecule has 0 radical (unpaired) electrons. The zero-order chi connectivity index (χ0) is 21.3. The highest BCUT2D eigenvalue weighted by molar-refractivity contribution is 6.56. The Bertz CT molecular complexity index is 736. The number of carbonyl (C=O) groups is 1. The molecule has 8 heteroatoms. The number of rotatable bonds is 4. The number of halogens is 1. The second-order valence-corrected chi connectivity index (χ2v) is 8.91. The topological polar surface area (TPSA) is 82.8 Å². The summed E-state index contributed by atoms with van der Waals surface area (Å²) in [7, 11) is -0.765. The molecule has 3 N–H and O–H groups in total. The van der Waals surface area contributed by atoms with Crippen LogP contribution in [-0.2, 0) is 14.0 Å². The summed E-state index contributed by atoms with van der Waals surface area (Å²) in [6.45, 7) is 13.1. The largest absolute Gasteiger partial charge is 0.492 e. The van der Waals surface area contributed by atoms with E-state index in [0.717, 1.165) is 0 Å². The number of hydrogen-bond acceptors (Lipinski definition) is 5. The van der Waals surface area contributed by atoms with Crippen LogP contribution in [0.25, 0.3) is 6.08 Å². The first-order chi connectivity index (χ1) is 12.7. The molecule has 0 saturated carbocycles. The van der Waals surface area contributed by atoms with Gasteiger partial charge in [-0.05, 0) is 66.1 Å². The summed E-state index contributed by atoms with van der Waals surface area (Å²) in [5, 5.41) is 2.68. The van der Waals surface area contributed by atoms with Crippen molar-refractivity contribution in [3.05, 3.63) is 35.1 Å². The van der Waals surface area contributed by atoms with E-state index in [9.17, 15) is 9.18 Å².